The summed E-state index contributed by atoms with van der Waals surface area (Å²) in [4.78, 5) is 1.60. The van der Waals surface area contributed by atoms with Gasteiger partial charge in [0, 0.05) is 16.8 Å². The summed E-state index contributed by atoms with van der Waals surface area (Å²) in [5.41, 5.74) is 8.15. The molecule has 1 aliphatic rings. The molecule has 1 nitrogen and oxygen atoms in total. The van der Waals surface area contributed by atoms with E-state index in [4.69, 9.17) is 5.73 Å². The number of nitrogens with two attached hydrogens (primary N) is 1. The largest absolute Gasteiger partial charge is 0.327 e. The molecule has 1 aliphatic carbocycles. The van der Waals surface area contributed by atoms with Crippen LogP contribution < -0.4 is 5.73 Å². The van der Waals surface area contributed by atoms with Crippen LogP contribution in [0.4, 0.5) is 0 Å². The molecule has 3 atom stereocenters. The molecule has 0 saturated heterocycles. The van der Waals surface area contributed by atoms with Crippen molar-refractivity contribution < 1.29 is 0 Å². The van der Waals surface area contributed by atoms with Gasteiger partial charge in [-0.3, -0.25) is 0 Å². The molecule has 2 rings (SSSR count). The highest BCUT2D eigenvalue weighted by Gasteiger charge is 2.27. The quantitative estimate of drug-likeness (QED) is 0.738. The lowest BCUT2D eigenvalue weighted by molar-refractivity contribution is 0.342. The van der Waals surface area contributed by atoms with Gasteiger partial charge < -0.3 is 5.73 Å². The van der Waals surface area contributed by atoms with Crippen LogP contribution in [0.15, 0.2) is 11.4 Å². The molecule has 2 N–H and O–H groups in total. The van der Waals surface area contributed by atoms with Crippen LogP contribution in [-0.4, -0.2) is 6.04 Å². The Morgan fingerprint density at radius 2 is 2.26 bits per heavy atom. The van der Waals surface area contributed by atoms with Crippen molar-refractivity contribution in [3.8, 4) is 0 Å². The molecule has 3 unspecified atom stereocenters. The van der Waals surface area contributed by atoms with E-state index in [2.05, 4.69) is 25.3 Å². The van der Waals surface area contributed by atoms with Crippen molar-refractivity contribution in [2.24, 2.45) is 11.7 Å². The monoisotopic (exact) mass is 279 g/mol. The highest BCUT2D eigenvalue weighted by molar-refractivity contribution is 7.10. The topological polar surface area (TPSA) is 26.0 Å². The van der Waals surface area contributed by atoms with Crippen molar-refractivity contribution in [3.05, 3.63) is 21.9 Å². The summed E-state index contributed by atoms with van der Waals surface area (Å²) in [7, 11) is 0. The van der Waals surface area contributed by atoms with Crippen LogP contribution in [0.1, 0.15) is 75.2 Å². The van der Waals surface area contributed by atoms with Gasteiger partial charge in [0.25, 0.3) is 0 Å². The van der Waals surface area contributed by atoms with Crippen molar-refractivity contribution in [3.63, 3.8) is 0 Å². The lowest BCUT2D eigenvalue weighted by atomic mass is 9.78. The second-order valence-electron chi connectivity index (χ2n) is 6.11. The maximum Gasteiger partial charge on any atom is 0.0111 e. The molecule has 0 amide bonds. The van der Waals surface area contributed by atoms with Gasteiger partial charge in [-0.25, -0.2) is 0 Å². The van der Waals surface area contributed by atoms with Crippen molar-refractivity contribution in [2.45, 2.75) is 77.2 Å². The van der Waals surface area contributed by atoms with Gasteiger partial charge in [0.15, 0.2) is 0 Å². The van der Waals surface area contributed by atoms with Gasteiger partial charge in [-0.05, 0) is 48.6 Å². The molecule has 0 fully saturated rings. The molecule has 1 heterocycles. The molecular formula is C17H29NS. The average Bonchev–Trinajstić information content (AvgIpc) is 2.91. The zero-order chi connectivity index (χ0) is 13.7. The molecule has 0 saturated carbocycles. The molecule has 19 heavy (non-hydrogen) atoms. The van der Waals surface area contributed by atoms with E-state index in [1.165, 1.54) is 51.4 Å². The Kier molecular flexibility index (Phi) is 5.90. The van der Waals surface area contributed by atoms with Crippen LogP contribution in [0.2, 0.25) is 0 Å². The third-order valence-corrected chi connectivity index (χ3v) is 5.76. The normalized spacial score (nSPS) is 21.9. The molecular weight excluding hydrogens is 250 g/mol. The second kappa shape index (κ2) is 7.44. The van der Waals surface area contributed by atoms with Crippen molar-refractivity contribution in [2.75, 3.05) is 0 Å². The van der Waals surface area contributed by atoms with Gasteiger partial charge in [0.1, 0.15) is 0 Å². The molecule has 108 valence electrons. The Bertz CT molecular complexity index is 371. The first-order chi connectivity index (χ1) is 9.26. The summed E-state index contributed by atoms with van der Waals surface area (Å²) in [5.74, 6) is 1.46. The van der Waals surface area contributed by atoms with Crippen molar-refractivity contribution in [1.82, 2.24) is 0 Å². The van der Waals surface area contributed by atoms with Gasteiger partial charge in [-0.15, -0.1) is 11.3 Å². The summed E-state index contributed by atoms with van der Waals surface area (Å²) < 4.78 is 0. The summed E-state index contributed by atoms with van der Waals surface area (Å²) in [6, 6.07) is 2.70. The first-order valence-electron chi connectivity index (χ1n) is 8.08. The molecule has 1 aromatic rings. The smallest absolute Gasteiger partial charge is 0.0111 e. The first-order valence-corrected chi connectivity index (χ1v) is 8.96. The van der Waals surface area contributed by atoms with E-state index >= 15 is 0 Å². The highest BCUT2D eigenvalue weighted by atomic mass is 32.1. The zero-order valence-electron chi connectivity index (χ0n) is 12.5. The summed E-state index contributed by atoms with van der Waals surface area (Å²) in [6.45, 7) is 4.61. The summed E-state index contributed by atoms with van der Waals surface area (Å²) >= 11 is 1.93. The van der Waals surface area contributed by atoms with Gasteiger partial charge in [0.05, 0.1) is 0 Å². The minimum absolute atomic E-state index is 0.371. The molecule has 0 spiro atoms. The SMILES string of the molecule is CCCCC(CC)CC(N)C1CCCc2sccc21. The molecule has 0 bridgehead atoms. The first kappa shape index (κ1) is 15.1. The Labute approximate surface area is 122 Å². The molecule has 0 aromatic carbocycles. The predicted octanol–water partition coefficient (Wildman–Crippen LogP) is 5.10. The van der Waals surface area contributed by atoms with Gasteiger partial charge in [-0.2, -0.15) is 0 Å². The van der Waals surface area contributed by atoms with Gasteiger partial charge in [0.2, 0.25) is 0 Å². The number of fused-ring (bicyclic) bond motifs is 1. The second-order valence-corrected chi connectivity index (χ2v) is 7.11. The molecule has 0 radical (unpaired) electrons. The Balaban J connectivity index is 1.95. The summed E-state index contributed by atoms with van der Waals surface area (Å²) in [5, 5.41) is 2.25. The van der Waals surface area contributed by atoms with Crippen LogP contribution in [0.5, 0.6) is 0 Å². The number of hydrogen-bond donors (Lipinski definition) is 1. The fraction of sp³-hybridized carbons (Fsp3) is 0.765. The van der Waals surface area contributed by atoms with E-state index in [1.54, 1.807) is 10.4 Å². The van der Waals surface area contributed by atoms with Crippen LogP contribution in [0.25, 0.3) is 0 Å². The maximum atomic E-state index is 6.58. The minimum atomic E-state index is 0.371. The molecule has 1 aromatic heterocycles. The van der Waals surface area contributed by atoms with E-state index < -0.39 is 0 Å². The lowest BCUT2D eigenvalue weighted by Crippen LogP contribution is -2.32. The molecule has 2 heteroatoms. The minimum Gasteiger partial charge on any atom is -0.327 e. The van der Waals surface area contributed by atoms with Crippen LogP contribution in [0, 0.1) is 5.92 Å². The third-order valence-electron chi connectivity index (χ3n) is 4.76. The van der Waals surface area contributed by atoms with E-state index in [9.17, 15) is 0 Å². The molecule has 0 aliphatic heterocycles. The van der Waals surface area contributed by atoms with Crippen molar-refractivity contribution >= 4 is 11.3 Å². The number of thiophene rings is 1. The zero-order valence-corrected chi connectivity index (χ0v) is 13.3. The Morgan fingerprint density at radius 1 is 1.42 bits per heavy atom. The summed E-state index contributed by atoms with van der Waals surface area (Å²) in [6.07, 6.45) is 10.5. The van der Waals surface area contributed by atoms with Gasteiger partial charge >= 0.3 is 0 Å². The van der Waals surface area contributed by atoms with Crippen LogP contribution in [-0.2, 0) is 6.42 Å². The number of unbranched alkanes of at least 4 members (excludes halogenated alkanes) is 1. The fourth-order valence-corrected chi connectivity index (χ4v) is 4.49. The lowest BCUT2D eigenvalue weighted by Gasteiger charge is -2.30. The standard InChI is InChI=1S/C17H29NS/c1-3-5-7-13(4-2)12-16(18)14-8-6-9-17-15(14)10-11-19-17/h10-11,13-14,16H,3-9,12,18H2,1-2H3. The van der Waals surface area contributed by atoms with Crippen LogP contribution in [0.3, 0.4) is 0 Å². The highest BCUT2D eigenvalue weighted by Crippen LogP contribution is 2.38. The van der Waals surface area contributed by atoms with E-state index in [-0.39, 0.29) is 0 Å². The number of aryl methyl sites for hydroxylation is 1. The Morgan fingerprint density at radius 3 is 3.00 bits per heavy atom. The van der Waals surface area contributed by atoms with Crippen LogP contribution >= 0.6 is 11.3 Å². The van der Waals surface area contributed by atoms with E-state index in [0.29, 0.717) is 12.0 Å². The Hall–Kier alpha value is -0.340. The number of hydrogen-bond acceptors (Lipinski definition) is 2. The van der Waals surface area contributed by atoms with Gasteiger partial charge in [-0.1, -0.05) is 39.5 Å². The van der Waals surface area contributed by atoms with Crippen molar-refractivity contribution in [1.29, 1.82) is 0 Å². The average molecular weight is 279 g/mol. The third kappa shape index (κ3) is 3.82. The maximum absolute atomic E-state index is 6.58. The predicted molar refractivity (Wildman–Crippen MR) is 85.9 cm³/mol. The fourth-order valence-electron chi connectivity index (χ4n) is 3.50. The van der Waals surface area contributed by atoms with E-state index in [1.807, 2.05) is 11.3 Å². The van der Waals surface area contributed by atoms with E-state index in [0.717, 1.165) is 5.92 Å². The number of rotatable bonds is 7.